The van der Waals surface area contributed by atoms with Gasteiger partial charge >= 0.3 is 0 Å². The first-order chi connectivity index (χ1) is 12.1. The second-order valence-corrected chi connectivity index (χ2v) is 5.50. The van der Waals surface area contributed by atoms with Crippen molar-refractivity contribution in [1.29, 1.82) is 0 Å². The average molecular weight is 331 g/mol. The van der Waals surface area contributed by atoms with Gasteiger partial charge in [0.15, 0.2) is 11.4 Å². The van der Waals surface area contributed by atoms with Crippen LogP contribution in [0.1, 0.15) is 15.9 Å². The number of carbonyl (C=O) groups is 1. The number of aromatic amines is 1. The van der Waals surface area contributed by atoms with E-state index >= 15 is 0 Å². The zero-order valence-corrected chi connectivity index (χ0v) is 13.0. The van der Waals surface area contributed by atoms with Crippen molar-refractivity contribution in [2.45, 2.75) is 0 Å². The third-order valence-electron chi connectivity index (χ3n) is 3.98. The molecule has 3 aromatic heterocycles. The minimum Gasteiger partial charge on any atom is -0.508 e. The molecule has 0 aliphatic rings. The molecule has 0 spiro atoms. The lowest BCUT2D eigenvalue weighted by molar-refractivity contribution is 0.104. The Hall–Kier alpha value is -3.74. The number of fused-ring (bicyclic) bond motifs is 1. The number of carbonyl (C=O) groups excluding carboxylic acids is 1. The molecule has 3 heterocycles. The van der Waals surface area contributed by atoms with Crippen molar-refractivity contribution in [3.05, 3.63) is 66.1 Å². The number of nitrogens with two attached hydrogens (primary N) is 1. The Morgan fingerprint density at radius 2 is 1.92 bits per heavy atom. The minimum absolute atomic E-state index is 0.102. The standard InChI is InChI=1S/C18H13N5O2/c19-17-12(2-1-7-20-17)13-9-22-23-18-15(13)14(8-21-18)16(25)10-3-5-11(24)6-4-10/h1-9,24H,(H2,19,20)(H,21,23). The lowest BCUT2D eigenvalue weighted by atomic mass is 9.98. The lowest BCUT2D eigenvalue weighted by Crippen LogP contribution is -2.02. The second-order valence-electron chi connectivity index (χ2n) is 5.50. The fourth-order valence-electron chi connectivity index (χ4n) is 2.77. The molecule has 7 heteroatoms. The van der Waals surface area contributed by atoms with Crippen molar-refractivity contribution in [1.82, 2.24) is 20.2 Å². The lowest BCUT2D eigenvalue weighted by Gasteiger charge is -2.07. The molecule has 0 aliphatic heterocycles. The summed E-state index contributed by atoms with van der Waals surface area (Å²) in [5.41, 5.74) is 8.75. The summed E-state index contributed by atoms with van der Waals surface area (Å²) in [6, 6.07) is 9.68. The molecule has 0 aliphatic carbocycles. The van der Waals surface area contributed by atoms with E-state index in [4.69, 9.17) is 5.73 Å². The van der Waals surface area contributed by atoms with Gasteiger partial charge in [0.05, 0.1) is 11.8 Å². The zero-order valence-electron chi connectivity index (χ0n) is 13.0. The maximum atomic E-state index is 12.9. The van der Waals surface area contributed by atoms with Gasteiger partial charge < -0.3 is 15.8 Å². The summed E-state index contributed by atoms with van der Waals surface area (Å²) < 4.78 is 0. The summed E-state index contributed by atoms with van der Waals surface area (Å²) in [5.74, 6) is 0.258. The van der Waals surface area contributed by atoms with Gasteiger partial charge in [-0.3, -0.25) is 4.79 Å². The molecule has 0 unspecified atom stereocenters. The van der Waals surface area contributed by atoms with Crippen LogP contribution in [0, 0.1) is 0 Å². The second kappa shape index (κ2) is 5.72. The largest absolute Gasteiger partial charge is 0.508 e. The van der Waals surface area contributed by atoms with E-state index in [0.29, 0.717) is 39.1 Å². The zero-order chi connectivity index (χ0) is 17.4. The van der Waals surface area contributed by atoms with Gasteiger partial charge in [0.2, 0.25) is 0 Å². The van der Waals surface area contributed by atoms with Gasteiger partial charge in [0, 0.05) is 34.5 Å². The first-order valence-electron chi connectivity index (χ1n) is 7.52. The van der Waals surface area contributed by atoms with E-state index < -0.39 is 0 Å². The predicted molar refractivity (Wildman–Crippen MR) is 93.1 cm³/mol. The van der Waals surface area contributed by atoms with Crippen LogP contribution in [0.5, 0.6) is 5.75 Å². The Morgan fingerprint density at radius 1 is 1.12 bits per heavy atom. The summed E-state index contributed by atoms with van der Waals surface area (Å²) >= 11 is 0. The molecule has 4 N–H and O–H groups in total. The Morgan fingerprint density at radius 3 is 2.68 bits per heavy atom. The molecule has 0 amide bonds. The summed E-state index contributed by atoms with van der Waals surface area (Å²) in [7, 11) is 0. The van der Waals surface area contributed by atoms with Crippen molar-refractivity contribution in [3.63, 3.8) is 0 Å². The predicted octanol–water partition coefficient (Wildman–Crippen LogP) is 2.54. The number of phenols is 1. The number of pyridine rings is 1. The highest BCUT2D eigenvalue weighted by Crippen LogP contribution is 2.32. The number of phenolic OH excluding ortho intramolecular Hbond substituents is 1. The summed E-state index contributed by atoms with van der Waals surface area (Å²) in [6.45, 7) is 0. The van der Waals surface area contributed by atoms with Crippen LogP contribution in [0.25, 0.3) is 22.2 Å². The van der Waals surface area contributed by atoms with Gasteiger partial charge in [-0.2, -0.15) is 5.10 Å². The van der Waals surface area contributed by atoms with Crippen molar-refractivity contribution < 1.29 is 9.90 Å². The molecule has 4 rings (SSSR count). The van der Waals surface area contributed by atoms with E-state index in [1.54, 1.807) is 36.8 Å². The van der Waals surface area contributed by atoms with E-state index in [1.807, 2.05) is 6.07 Å². The number of anilines is 1. The monoisotopic (exact) mass is 331 g/mol. The normalized spacial score (nSPS) is 10.9. The Labute approximate surface area is 142 Å². The molecule has 7 nitrogen and oxygen atoms in total. The van der Waals surface area contributed by atoms with Crippen molar-refractivity contribution in [2.24, 2.45) is 0 Å². The first kappa shape index (κ1) is 14.8. The third-order valence-corrected chi connectivity index (χ3v) is 3.98. The number of hydrogen-bond acceptors (Lipinski definition) is 6. The smallest absolute Gasteiger partial charge is 0.195 e. The summed E-state index contributed by atoms with van der Waals surface area (Å²) in [5, 5.41) is 18.1. The molecule has 0 fully saturated rings. The average Bonchev–Trinajstić information content (AvgIpc) is 3.06. The summed E-state index contributed by atoms with van der Waals surface area (Å²) in [6.07, 6.45) is 4.77. The number of hydrogen-bond donors (Lipinski definition) is 3. The molecule has 0 saturated carbocycles. The fraction of sp³-hybridized carbons (Fsp3) is 0. The van der Waals surface area contributed by atoms with E-state index in [2.05, 4.69) is 20.2 Å². The molecule has 4 aromatic rings. The number of nitrogens with one attached hydrogen (secondary N) is 1. The molecular formula is C18H13N5O2. The van der Waals surface area contributed by atoms with Gasteiger partial charge in [-0.1, -0.05) is 0 Å². The highest BCUT2D eigenvalue weighted by molar-refractivity contribution is 6.18. The van der Waals surface area contributed by atoms with Crippen LogP contribution in [-0.4, -0.2) is 31.1 Å². The van der Waals surface area contributed by atoms with Crippen LogP contribution in [0.2, 0.25) is 0 Å². The molecule has 25 heavy (non-hydrogen) atoms. The quantitative estimate of drug-likeness (QED) is 0.497. The topological polar surface area (TPSA) is 118 Å². The SMILES string of the molecule is Nc1ncccc1-c1cnnc2[nH]cc(C(=O)c3ccc(O)cc3)c12. The Balaban J connectivity index is 1.93. The Kier molecular flexibility index (Phi) is 3.39. The summed E-state index contributed by atoms with van der Waals surface area (Å²) in [4.78, 5) is 20.0. The number of nitrogen functional groups attached to an aromatic ring is 1. The van der Waals surface area contributed by atoms with Crippen molar-refractivity contribution >= 4 is 22.6 Å². The number of aromatic hydroxyl groups is 1. The third kappa shape index (κ3) is 2.47. The number of benzene rings is 1. The molecule has 0 saturated heterocycles. The van der Waals surface area contributed by atoms with Crippen LogP contribution in [0.4, 0.5) is 5.82 Å². The van der Waals surface area contributed by atoms with Crippen molar-refractivity contribution in [3.8, 4) is 16.9 Å². The van der Waals surface area contributed by atoms with E-state index in [9.17, 15) is 9.90 Å². The van der Waals surface area contributed by atoms with Crippen LogP contribution >= 0.6 is 0 Å². The maximum Gasteiger partial charge on any atom is 0.195 e. The van der Waals surface area contributed by atoms with Crippen LogP contribution in [0.15, 0.2) is 55.0 Å². The molecule has 122 valence electrons. The number of ketones is 1. The van der Waals surface area contributed by atoms with Gasteiger partial charge in [-0.25, -0.2) is 4.98 Å². The van der Waals surface area contributed by atoms with Crippen molar-refractivity contribution in [2.75, 3.05) is 5.73 Å². The van der Waals surface area contributed by atoms with Gasteiger partial charge in [-0.15, -0.1) is 5.10 Å². The molecule has 1 aromatic carbocycles. The van der Waals surface area contributed by atoms with Crippen LogP contribution < -0.4 is 5.73 Å². The molecule has 0 radical (unpaired) electrons. The fourth-order valence-corrected chi connectivity index (χ4v) is 2.77. The Bertz CT molecular complexity index is 1090. The number of aromatic nitrogens is 4. The van der Waals surface area contributed by atoms with E-state index in [1.165, 1.54) is 12.1 Å². The molecule has 0 atom stereocenters. The van der Waals surface area contributed by atoms with Gasteiger partial charge in [0.25, 0.3) is 0 Å². The molecule has 0 bridgehead atoms. The van der Waals surface area contributed by atoms with Crippen LogP contribution in [0.3, 0.4) is 0 Å². The van der Waals surface area contributed by atoms with Gasteiger partial charge in [0.1, 0.15) is 11.6 Å². The highest BCUT2D eigenvalue weighted by atomic mass is 16.3. The van der Waals surface area contributed by atoms with E-state index in [0.717, 1.165) is 0 Å². The van der Waals surface area contributed by atoms with Crippen LogP contribution in [-0.2, 0) is 0 Å². The number of nitrogens with zero attached hydrogens (tertiary/aromatic N) is 3. The van der Waals surface area contributed by atoms with Gasteiger partial charge in [-0.05, 0) is 36.4 Å². The number of H-pyrrole nitrogens is 1. The first-order valence-corrected chi connectivity index (χ1v) is 7.52. The van der Waals surface area contributed by atoms with E-state index in [-0.39, 0.29) is 11.5 Å². The number of rotatable bonds is 3. The maximum absolute atomic E-state index is 12.9. The molecular weight excluding hydrogens is 318 g/mol. The highest BCUT2D eigenvalue weighted by Gasteiger charge is 2.19. The minimum atomic E-state index is -0.192.